The van der Waals surface area contributed by atoms with E-state index in [4.69, 9.17) is 0 Å². The van der Waals surface area contributed by atoms with Gasteiger partial charge in [0.2, 0.25) is 5.82 Å². The molecule has 188 valence electrons. The fraction of sp³-hybridized carbons (Fsp3) is 0.261. The molecule has 2 amide bonds. The second-order valence-corrected chi connectivity index (χ2v) is 8.95. The van der Waals surface area contributed by atoms with Crippen LogP contribution in [0.15, 0.2) is 47.8 Å². The molecule has 0 unspecified atom stereocenters. The summed E-state index contributed by atoms with van der Waals surface area (Å²) in [7, 11) is 0. The molecular weight excluding hydrogens is 504 g/mol. The van der Waals surface area contributed by atoms with Crippen LogP contribution < -0.4 is 5.32 Å². The number of carbonyl (C=O) groups excluding carboxylic acids is 2. The van der Waals surface area contributed by atoms with Crippen molar-refractivity contribution in [1.82, 2.24) is 9.88 Å². The van der Waals surface area contributed by atoms with Crippen LogP contribution in [0.25, 0.3) is 0 Å². The van der Waals surface area contributed by atoms with Gasteiger partial charge in [0.1, 0.15) is 5.69 Å². The molecule has 2 aromatic carbocycles. The van der Waals surface area contributed by atoms with E-state index in [-0.39, 0.29) is 30.4 Å². The minimum absolute atomic E-state index is 0.0357. The van der Waals surface area contributed by atoms with E-state index in [0.29, 0.717) is 17.8 Å². The highest BCUT2D eigenvalue weighted by molar-refractivity contribution is 7.10. The number of piperidine rings is 1. The minimum Gasteiger partial charge on any atom is -0.339 e. The Hall–Kier alpha value is -3.87. The average Bonchev–Trinajstić information content (AvgIpc) is 3.35. The van der Waals surface area contributed by atoms with Gasteiger partial charge in [0.05, 0.1) is 21.1 Å². The standard InChI is InChI=1S/C23H18F4N4O4S/c24-17-6-5-14(11-19(17)31(34)35)28-20(32)18-12-36-21(29-18)13-7-9-30(10-8-13)22(33)15-3-1-2-4-16(15)23(25,26)27/h1-6,11-13H,7-10H2,(H,28,32). The number of halogens is 4. The van der Waals surface area contributed by atoms with Crippen molar-refractivity contribution < 1.29 is 32.1 Å². The highest BCUT2D eigenvalue weighted by atomic mass is 32.1. The van der Waals surface area contributed by atoms with Gasteiger partial charge in [-0.2, -0.15) is 17.6 Å². The van der Waals surface area contributed by atoms with Gasteiger partial charge in [-0.05, 0) is 37.1 Å². The molecule has 8 nitrogen and oxygen atoms in total. The number of aromatic nitrogens is 1. The van der Waals surface area contributed by atoms with Crippen LogP contribution in [0, 0.1) is 15.9 Å². The van der Waals surface area contributed by atoms with E-state index >= 15 is 0 Å². The number of hydrogen-bond acceptors (Lipinski definition) is 6. The maximum Gasteiger partial charge on any atom is 0.417 e. The molecule has 0 atom stereocenters. The lowest BCUT2D eigenvalue weighted by atomic mass is 9.96. The van der Waals surface area contributed by atoms with Gasteiger partial charge < -0.3 is 10.2 Å². The fourth-order valence-corrected chi connectivity index (χ4v) is 4.89. The number of thiazole rings is 1. The summed E-state index contributed by atoms with van der Waals surface area (Å²) in [5.74, 6) is -2.44. The van der Waals surface area contributed by atoms with Crippen molar-refractivity contribution in [1.29, 1.82) is 0 Å². The van der Waals surface area contributed by atoms with Gasteiger partial charge in [-0.1, -0.05) is 12.1 Å². The third-order valence-electron chi connectivity index (χ3n) is 5.75. The first-order valence-electron chi connectivity index (χ1n) is 10.7. The summed E-state index contributed by atoms with van der Waals surface area (Å²) < 4.78 is 53.3. The third kappa shape index (κ3) is 5.35. The number of rotatable bonds is 5. The lowest BCUT2D eigenvalue weighted by Crippen LogP contribution is -2.38. The Balaban J connectivity index is 1.39. The number of carbonyl (C=O) groups is 2. The Kier molecular flexibility index (Phi) is 7.02. The Morgan fingerprint density at radius 1 is 1.14 bits per heavy atom. The average molecular weight is 522 g/mol. The molecule has 0 radical (unpaired) electrons. The summed E-state index contributed by atoms with van der Waals surface area (Å²) in [4.78, 5) is 41.0. The van der Waals surface area contributed by atoms with Crippen LogP contribution in [0.2, 0.25) is 0 Å². The molecule has 13 heteroatoms. The van der Waals surface area contributed by atoms with Crippen molar-refractivity contribution in [3.8, 4) is 0 Å². The predicted molar refractivity (Wildman–Crippen MR) is 122 cm³/mol. The fourth-order valence-electron chi connectivity index (χ4n) is 3.92. The van der Waals surface area contributed by atoms with Crippen molar-refractivity contribution in [2.45, 2.75) is 24.9 Å². The van der Waals surface area contributed by atoms with E-state index < -0.39 is 45.5 Å². The first kappa shape index (κ1) is 25.2. The molecule has 1 aliphatic rings. The lowest BCUT2D eigenvalue weighted by Gasteiger charge is -2.31. The number of anilines is 1. The molecule has 1 fully saturated rings. The second-order valence-electron chi connectivity index (χ2n) is 8.06. The molecule has 1 N–H and O–H groups in total. The number of nitro groups is 1. The molecule has 2 heterocycles. The predicted octanol–water partition coefficient (Wildman–Crippen LogP) is 5.48. The van der Waals surface area contributed by atoms with Gasteiger partial charge in [0.25, 0.3) is 11.8 Å². The molecule has 1 aliphatic heterocycles. The quantitative estimate of drug-likeness (QED) is 0.271. The number of likely N-dealkylation sites (tertiary alicyclic amines) is 1. The van der Waals surface area contributed by atoms with E-state index in [0.717, 1.165) is 18.2 Å². The normalized spacial score (nSPS) is 14.5. The smallest absolute Gasteiger partial charge is 0.339 e. The molecule has 36 heavy (non-hydrogen) atoms. The zero-order valence-corrected chi connectivity index (χ0v) is 19.2. The molecule has 3 aromatic rings. The number of nitro benzene ring substituents is 1. The number of amides is 2. The molecule has 4 rings (SSSR count). The van der Waals surface area contributed by atoms with E-state index in [9.17, 15) is 37.3 Å². The summed E-state index contributed by atoms with van der Waals surface area (Å²) in [6, 6.07) is 7.65. The van der Waals surface area contributed by atoms with Gasteiger partial charge in [-0.25, -0.2) is 4.98 Å². The zero-order chi connectivity index (χ0) is 26.0. The van der Waals surface area contributed by atoms with Crippen LogP contribution in [0.1, 0.15) is 50.2 Å². The second kappa shape index (κ2) is 10.0. The zero-order valence-electron chi connectivity index (χ0n) is 18.4. The Morgan fingerprint density at radius 3 is 2.50 bits per heavy atom. The van der Waals surface area contributed by atoms with Gasteiger partial charge >= 0.3 is 11.9 Å². The Labute approximate surface area is 205 Å². The Bertz CT molecular complexity index is 1320. The molecule has 1 saturated heterocycles. The van der Waals surface area contributed by atoms with Crippen LogP contribution >= 0.6 is 11.3 Å². The van der Waals surface area contributed by atoms with Crippen LogP contribution in [0.3, 0.4) is 0 Å². The molecule has 0 spiro atoms. The summed E-state index contributed by atoms with van der Waals surface area (Å²) >= 11 is 1.22. The van der Waals surface area contributed by atoms with Crippen molar-refractivity contribution in [3.05, 3.63) is 85.6 Å². The topological polar surface area (TPSA) is 105 Å². The van der Waals surface area contributed by atoms with Crippen molar-refractivity contribution >= 4 is 34.5 Å². The van der Waals surface area contributed by atoms with Crippen LogP contribution in [0.5, 0.6) is 0 Å². The van der Waals surface area contributed by atoms with Crippen molar-refractivity contribution in [2.75, 3.05) is 18.4 Å². The number of hydrogen-bond donors (Lipinski definition) is 1. The van der Waals surface area contributed by atoms with Crippen LogP contribution in [0.4, 0.5) is 28.9 Å². The number of nitrogens with zero attached hydrogens (tertiary/aromatic N) is 3. The van der Waals surface area contributed by atoms with E-state index in [2.05, 4.69) is 10.3 Å². The van der Waals surface area contributed by atoms with Gasteiger partial charge in [0.15, 0.2) is 0 Å². The number of alkyl halides is 3. The van der Waals surface area contributed by atoms with Gasteiger partial charge in [-0.3, -0.25) is 19.7 Å². The van der Waals surface area contributed by atoms with Crippen LogP contribution in [-0.4, -0.2) is 39.7 Å². The highest BCUT2D eigenvalue weighted by Crippen LogP contribution is 2.35. The van der Waals surface area contributed by atoms with Gasteiger partial charge in [-0.15, -0.1) is 11.3 Å². The van der Waals surface area contributed by atoms with Crippen molar-refractivity contribution in [2.24, 2.45) is 0 Å². The van der Waals surface area contributed by atoms with Gasteiger partial charge in [0, 0.05) is 36.1 Å². The highest BCUT2D eigenvalue weighted by Gasteiger charge is 2.36. The molecule has 0 bridgehead atoms. The maximum absolute atomic E-state index is 13.5. The number of nitrogens with one attached hydrogen (secondary N) is 1. The number of benzene rings is 2. The van der Waals surface area contributed by atoms with E-state index in [1.54, 1.807) is 0 Å². The minimum atomic E-state index is -4.64. The first-order chi connectivity index (χ1) is 17.0. The first-order valence-corrected chi connectivity index (χ1v) is 11.6. The molecule has 0 aliphatic carbocycles. The largest absolute Gasteiger partial charge is 0.417 e. The van der Waals surface area contributed by atoms with E-state index in [1.807, 2.05) is 0 Å². The summed E-state index contributed by atoms with van der Waals surface area (Å²) in [6.07, 6.45) is -3.72. The SMILES string of the molecule is O=C(Nc1ccc(F)c([N+](=O)[O-])c1)c1csc(C2CCN(C(=O)c3ccccc3C(F)(F)F)CC2)n1. The lowest BCUT2D eigenvalue weighted by molar-refractivity contribution is -0.387. The monoisotopic (exact) mass is 522 g/mol. The van der Waals surface area contributed by atoms with E-state index in [1.165, 1.54) is 45.9 Å². The maximum atomic E-state index is 13.5. The summed E-state index contributed by atoms with van der Waals surface area (Å²) in [5.41, 5.74) is -2.03. The molecule has 0 saturated carbocycles. The molecular formula is C23H18F4N4O4S. The van der Waals surface area contributed by atoms with Crippen molar-refractivity contribution in [3.63, 3.8) is 0 Å². The Morgan fingerprint density at radius 2 is 1.83 bits per heavy atom. The third-order valence-corrected chi connectivity index (χ3v) is 6.76. The summed E-state index contributed by atoms with van der Waals surface area (Å²) in [6.45, 7) is 0.464. The summed E-state index contributed by atoms with van der Waals surface area (Å²) in [5, 5.41) is 15.5. The van der Waals surface area contributed by atoms with Crippen LogP contribution in [-0.2, 0) is 6.18 Å². The molecule has 1 aromatic heterocycles.